The zero-order chi connectivity index (χ0) is 18.4. The van der Waals surface area contributed by atoms with Gasteiger partial charge in [-0.15, -0.1) is 0 Å². The van der Waals surface area contributed by atoms with Crippen molar-refractivity contribution in [3.8, 4) is 11.5 Å². The summed E-state index contributed by atoms with van der Waals surface area (Å²) >= 11 is 0. The highest BCUT2D eigenvalue weighted by Crippen LogP contribution is 2.34. The number of carbonyl (C=O) groups excluding carboxylic acids is 2. The van der Waals surface area contributed by atoms with E-state index in [2.05, 4.69) is 10.6 Å². The summed E-state index contributed by atoms with van der Waals surface area (Å²) < 4.78 is 15.5. The van der Waals surface area contributed by atoms with Gasteiger partial charge in [0.05, 0.1) is 0 Å². The van der Waals surface area contributed by atoms with Crippen molar-refractivity contribution in [2.45, 2.75) is 6.42 Å². The third-order valence-corrected chi connectivity index (χ3v) is 3.85. The number of rotatable bonds is 7. The van der Waals surface area contributed by atoms with Crippen molar-refractivity contribution in [1.29, 1.82) is 0 Å². The molecular formula is C19H20N2O5. The van der Waals surface area contributed by atoms with Crippen LogP contribution < -0.4 is 20.1 Å². The molecule has 0 bridgehead atoms. The Balaban J connectivity index is 1.57. The van der Waals surface area contributed by atoms with Crippen LogP contribution in [-0.2, 0) is 4.74 Å². The van der Waals surface area contributed by atoms with Crippen LogP contribution in [0.5, 0.6) is 11.5 Å². The van der Waals surface area contributed by atoms with Crippen LogP contribution in [0.1, 0.15) is 27.1 Å². The van der Waals surface area contributed by atoms with E-state index in [-0.39, 0.29) is 18.6 Å². The molecule has 2 amide bonds. The smallest absolute Gasteiger partial charge is 0.255 e. The molecule has 0 aliphatic carbocycles. The van der Waals surface area contributed by atoms with E-state index in [9.17, 15) is 9.59 Å². The first kappa shape index (κ1) is 17.8. The highest BCUT2D eigenvalue weighted by Gasteiger charge is 2.15. The third kappa shape index (κ3) is 4.31. The molecule has 7 nitrogen and oxygen atoms in total. The van der Waals surface area contributed by atoms with E-state index in [0.29, 0.717) is 41.5 Å². The Kier molecular flexibility index (Phi) is 5.70. The summed E-state index contributed by atoms with van der Waals surface area (Å²) in [6, 6.07) is 11.7. The number of amides is 2. The molecule has 1 heterocycles. The second-order valence-corrected chi connectivity index (χ2v) is 5.70. The molecular weight excluding hydrogens is 336 g/mol. The largest absolute Gasteiger partial charge is 0.454 e. The highest BCUT2D eigenvalue weighted by molar-refractivity contribution is 6.05. The standard InChI is InChI=1S/C19H20N2O5/c1-24-10-2-9-20-18(22)13-3-5-14(6-4-13)19(23)21-15-7-8-16-17(11-15)26-12-25-16/h3-8,11H,2,9-10,12H2,1H3,(H,20,22)(H,21,23). The van der Waals surface area contributed by atoms with Gasteiger partial charge in [-0.3, -0.25) is 9.59 Å². The molecule has 26 heavy (non-hydrogen) atoms. The Hall–Kier alpha value is -3.06. The fourth-order valence-electron chi connectivity index (χ4n) is 2.47. The summed E-state index contributed by atoms with van der Waals surface area (Å²) in [4.78, 5) is 24.4. The number of benzene rings is 2. The van der Waals surface area contributed by atoms with Crippen LogP contribution in [0.3, 0.4) is 0 Å². The topological polar surface area (TPSA) is 85.9 Å². The van der Waals surface area contributed by atoms with Crippen LogP contribution in [0.2, 0.25) is 0 Å². The Morgan fingerprint density at radius 2 is 1.69 bits per heavy atom. The second kappa shape index (κ2) is 8.35. The van der Waals surface area contributed by atoms with Gasteiger partial charge in [-0.05, 0) is 42.8 Å². The first-order chi connectivity index (χ1) is 12.7. The molecule has 2 aromatic carbocycles. The number of nitrogens with one attached hydrogen (secondary N) is 2. The summed E-state index contributed by atoms with van der Waals surface area (Å²) in [5.74, 6) is 0.812. The number of ether oxygens (including phenoxy) is 3. The van der Waals surface area contributed by atoms with Crippen LogP contribution >= 0.6 is 0 Å². The van der Waals surface area contributed by atoms with Crippen molar-refractivity contribution in [1.82, 2.24) is 5.32 Å². The van der Waals surface area contributed by atoms with Gasteiger partial charge in [0.1, 0.15) is 0 Å². The van der Waals surface area contributed by atoms with Gasteiger partial charge in [0, 0.05) is 43.1 Å². The van der Waals surface area contributed by atoms with E-state index in [1.807, 2.05) is 0 Å². The van der Waals surface area contributed by atoms with Gasteiger partial charge in [0.25, 0.3) is 11.8 Å². The van der Waals surface area contributed by atoms with Crippen molar-refractivity contribution in [3.05, 3.63) is 53.6 Å². The molecule has 0 aromatic heterocycles. The van der Waals surface area contributed by atoms with Gasteiger partial charge in [-0.1, -0.05) is 0 Å². The normalized spacial score (nSPS) is 11.9. The number of anilines is 1. The van der Waals surface area contributed by atoms with Crippen molar-refractivity contribution in [2.75, 3.05) is 32.4 Å². The monoisotopic (exact) mass is 356 g/mol. The van der Waals surface area contributed by atoms with E-state index in [1.54, 1.807) is 49.6 Å². The fourth-order valence-corrected chi connectivity index (χ4v) is 2.47. The van der Waals surface area contributed by atoms with Crippen LogP contribution in [0.15, 0.2) is 42.5 Å². The zero-order valence-corrected chi connectivity index (χ0v) is 14.4. The molecule has 0 atom stereocenters. The van der Waals surface area contributed by atoms with Crippen molar-refractivity contribution in [3.63, 3.8) is 0 Å². The second-order valence-electron chi connectivity index (χ2n) is 5.70. The molecule has 0 unspecified atom stereocenters. The molecule has 2 aromatic rings. The Labute approximate surface area is 151 Å². The molecule has 136 valence electrons. The minimum atomic E-state index is -0.268. The molecule has 1 aliphatic rings. The minimum Gasteiger partial charge on any atom is -0.454 e. The summed E-state index contributed by atoms with van der Waals surface area (Å²) in [6.07, 6.45) is 0.748. The molecule has 0 spiro atoms. The predicted molar refractivity (Wildman–Crippen MR) is 95.8 cm³/mol. The lowest BCUT2D eigenvalue weighted by molar-refractivity contribution is 0.0946. The summed E-state index contributed by atoms with van der Waals surface area (Å²) in [5.41, 5.74) is 1.57. The average Bonchev–Trinajstić information content (AvgIpc) is 3.13. The Bertz CT molecular complexity index is 789. The van der Waals surface area contributed by atoms with Gasteiger partial charge in [0.15, 0.2) is 11.5 Å². The van der Waals surface area contributed by atoms with Crippen LogP contribution in [-0.4, -0.2) is 38.9 Å². The number of hydrogen-bond donors (Lipinski definition) is 2. The van der Waals surface area contributed by atoms with Crippen LogP contribution in [0.4, 0.5) is 5.69 Å². The summed E-state index contributed by atoms with van der Waals surface area (Å²) in [5, 5.41) is 5.60. The molecule has 2 N–H and O–H groups in total. The zero-order valence-electron chi connectivity index (χ0n) is 14.4. The molecule has 3 rings (SSSR count). The molecule has 0 saturated carbocycles. The third-order valence-electron chi connectivity index (χ3n) is 3.85. The molecule has 1 aliphatic heterocycles. The molecule has 7 heteroatoms. The number of hydrogen-bond acceptors (Lipinski definition) is 5. The first-order valence-electron chi connectivity index (χ1n) is 8.25. The number of fused-ring (bicyclic) bond motifs is 1. The molecule has 0 radical (unpaired) electrons. The molecule has 0 saturated heterocycles. The van der Waals surface area contributed by atoms with Gasteiger partial charge >= 0.3 is 0 Å². The predicted octanol–water partition coefficient (Wildman–Crippen LogP) is 2.43. The van der Waals surface area contributed by atoms with Crippen molar-refractivity contribution >= 4 is 17.5 Å². The highest BCUT2D eigenvalue weighted by atomic mass is 16.7. The fraction of sp³-hybridized carbons (Fsp3) is 0.263. The minimum absolute atomic E-state index is 0.177. The Morgan fingerprint density at radius 3 is 2.42 bits per heavy atom. The first-order valence-corrected chi connectivity index (χ1v) is 8.25. The SMILES string of the molecule is COCCCNC(=O)c1ccc(C(=O)Nc2ccc3c(c2)OCO3)cc1. The lowest BCUT2D eigenvalue weighted by atomic mass is 10.1. The van der Waals surface area contributed by atoms with Gasteiger partial charge in [-0.25, -0.2) is 0 Å². The number of methoxy groups -OCH3 is 1. The quantitative estimate of drug-likeness (QED) is 0.744. The summed E-state index contributed by atoms with van der Waals surface area (Å²) in [7, 11) is 1.62. The van der Waals surface area contributed by atoms with Crippen LogP contribution in [0, 0.1) is 0 Å². The maximum Gasteiger partial charge on any atom is 0.255 e. The van der Waals surface area contributed by atoms with E-state index >= 15 is 0 Å². The van der Waals surface area contributed by atoms with Gasteiger partial charge in [-0.2, -0.15) is 0 Å². The van der Waals surface area contributed by atoms with E-state index in [4.69, 9.17) is 14.2 Å². The van der Waals surface area contributed by atoms with E-state index in [1.165, 1.54) is 0 Å². The van der Waals surface area contributed by atoms with Crippen LogP contribution in [0.25, 0.3) is 0 Å². The van der Waals surface area contributed by atoms with Gasteiger partial charge < -0.3 is 24.8 Å². The lowest BCUT2D eigenvalue weighted by Crippen LogP contribution is -2.25. The average molecular weight is 356 g/mol. The summed E-state index contributed by atoms with van der Waals surface area (Å²) in [6.45, 7) is 1.32. The Morgan fingerprint density at radius 1 is 1.00 bits per heavy atom. The van der Waals surface area contributed by atoms with E-state index < -0.39 is 0 Å². The maximum atomic E-state index is 12.3. The van der Waals surface area contributed by atoms with Crippen molar-refractivity contribution < 1.29 is 23.8 Å². The maximum absolute atomic E-state index is 12.3. The van der Waals surface area contributed by atoms with E-state index in [0.717, 1.165) is 6.42 Å². The van der Waals surface area contributed by atoms with Crippen molar-refractivity contribution in [2.24, 2.45) is 0 Å². The molecule has 0 fully saturated rings. The van der Waals surface area contributed by atoms with Gasteiger partial charge in [0.2, 0.25) is 6.79 Å². The lowest BCUT2D eigenvalue weighted by Gasteiger charge is -2.08. The number of carbonyl (C=O) groups is 2.